The summed E-state index contributed by atoms with van der Waals surface area (Å²) in [4.78, 5) is 21.6. The molecule has 6 heteroatoms. The van der Waals surface area contributed by atoms with Crippen molar-refractivity contribution in [2.45, 2.75) is 39.0 Å². The molecule has 1 aromatic carbocycles. The van der Waals surface area contributed by atoms with Crippen LogP contribution in [0.2, 0.25) is 0 Å². The normalized spacial score (nSPS) is 10.6. The molecule has 0 aliphatic carbocycles. The van der Waals surface area contributed by atoms with Gasteiger partial charge >= 0.3 is 112 Å². The van der Waals surface area contributed by atoms with Crippen LogP contribution < -0.4 is 1.97 Å². The molecule has 0 aliphatic heterocycles. The second-order valence-corrected chi connectivity index (χ2v) is 7.19. The summed E-state index contributed by atoms with van der Waals surface area (Å²) >= 11 is 0.985. The fourth-order valence-electron chi connectivity index (χ4n) is 1.44. The van der Waals surface area contributed by atoms with E-state index < -0.39 is 7.82 Å². The van der Waals surface area contributed by atoms with Gasteiger partial charge in [-0.2, -0.15) is 0 Å². The van der Waals surface area contributed by atoms with Crippen LogP contribution >= 0.6 is 7.82 Å². The molecule has 0 spiro atoms. The predicted octanol–water partition coefficient (Wildman–Crippen LogP) is 2.06. The molecule has 0 saturated heterocycles. The minimum Gasteiger partial charge on any atom is -0.303 e. The van der Waals surface area contributed by atoms with Crippen molar-refractivity contribution >= 4 is 9.79 Å². The summed E-state index contributed by atoms with van der Waals surface area (Å²) in [5.41, 5.74) is 1.51. The standard InChI is InChI=1S/C12H17.La.H3O4P/c1-2-3-4-6-9-12-10-7-5-8-11-12;;1-5(2,3)4/h7-8,10-11H,2-4,6,9H2,1H3;;(H3,1,2,3,4). The van der Waals surface area contributed by atoms with Gasteiger partial charge in [-0.05, 0) is 0 Å². The Kier molecular flexibility index (Phi) is 10.6. The molecule has 18 heavy (non-hydrogen) atoms. The van der Waals surface area contributed by atoms with E-state index in [0.717, 1.165) is 33.7 Å². The summed E-state index contributed by atoms with van der Waals surface area (Å²) in [5, 5.41) is 0. The molecule has 0 amide bonds. The van der Waals surface area contributed by atoms with Crippen molar-refractivity contribution in [3.8, 4) is 0 Å². The zero-order chi connectivity index (χ0) is 14.0. The van der Waals surface area contributed by atoms with Gasteiger partial charge in [0.05, 0.1) is 0 Å². The van der Waals surface area contributed by atoms with Crippen LogP contribution in [0.15, 0.2) is 24.3 Å². The van der Waals surface area contributed by atoms with Gasteiger partial charge < -0.3 is 14.7 Å². The molecule has 100 valence electrons. The van der Waals surface area contributed by atoms with E-state index in [4.69, 9.17) is 19.2 Å². The van der Waals surface area contributed by atoms with Crippen molar-refractivity contribution in [3.05, 3.63) is 29.8 Å². The number of rotatable bonds is 5. The summed E-state index contributed by atoms with van der Waals surface area (Å²) in [6.07, 6.45) is 6.74. The van der Waals surface area contributed by atoms with Crippen LogP contribution in [-0.4, -0.2) is 14.7 Å². The van der Waals surface area contributed by atoms with E-state index in [0.29, 0.717) is 0 Å². The molecular formula is C12H20LaO4P. The van der Waals surface area contributed by atoms with Crippen LogP contribution in [0.1, 0.15) is 38.2 Å². The maximum atomic E-state index is 8.88. The molecule has 0 saturated carbocycles. The summed E-state index contributed by atoms with van der Waals surface area (Å²) in [6, 6.07) is 9.14. The van der Waals surface area contributed by atoms with Crippen LogP contribution in [0.25, 0.3) is 0 Å². The molecule has 1 aromatic rings. The molecule has 0 aliphatic rings. The Morgan fingerprint density at radius 3 is 2.00 bits per heavy atom. The first-order valence-electron chi connectivity index (χ1n) is 5.95. The first kappa shape index (κ1) is 18.5. The molecule has 0 fully saturated rings. The second-order valence-electron chi connectivity index (χ2n) is 4.07. The minimum atomic E-state index is -4.64. The fourth-order valence-corrected chi connectivity index (χ4v) is 2.04. The molecule has 4 nitrogen and oxygen atoms in total. The van der Waals surface area contributed by atoms with Gasteiger partial charge in [-0.1, -0.05) is 0 Å². The first-order chi connectivity index (χ1) is 8.33. The number of hydrogen-bond acceptors (Lipinski definition) is 1. The predicted molar refractivity (Wildman–Crippen MR) is 68.2 cm³/mol. The molecule has 0 heterocycles. The Balaban J connectivity index is 0.000000494. The van der Waals surface area contributed by atoms with Crippen LogP contribution in [0, 0.1) is 33.7 Å². The van der Waals surface area contributed by atoms with Gasteiger partial charge in [-0.3, -0.25) is 0 Å². The SMILES string of the molecule is CCCCCCc1cc[c]([La])cc1.O=P(O)(O)O. The first-order valence-corrected chi connectivity index (χ1v) is 9.33. The molecule has 0 aromatic heterocycles. The van der Waals surface area contributed by atoms with E-state index in [2.05, 4.69) is 31.2 Å². The van der Waals surface area contributed by atoms with Gasteiger partial charge in [0.2, 0.25) is 0 Å². The van der Waals surface area contributed by atoms with Gasteiger partial charge in [0.1, 0.15) is 0 Å². The number of phosphoric acid groups is 1. The maximum absolute atomic E-state index is 8.88. The molecule has 0 bridgehead atoms. The third-order valence-corrected chi connectivity index (χ3v) is 3.51. The largest absolute Gasteiger partial charge is 0.466 e. The third kappa shape index (κ3) is 14.6. The second kappa shape index (κ2) is 10.3. The average molecular weight is 398 g/mol. The van der Waals surface area contributed by atoms with Gasteiger partial charge in [-0.25, -0.2) is 4.57 Å². The number of unbranched alkanes of at least 4 members (excludes halogenated alkanes) is 3. The van der Waals surface area contributed by atoms with Crippen LogP contribution in [-0.2, 0) is 11.0 Å². The molecule has 1 rings (SSSR count). The zero-order valence-corrected chi connectivity index (χ0v) is 15.1. The quantitative estimate of drug-likeness (QED) is 0.524. The van der Waals surface area contributed by atoms with Gasteiger partial charge in [0.15, 0.2) is 0 Å². The molecular weight excluding hydrogens is 378 g/mol. The summed E-state index contributed by atoms with van der Waals surface area (Å²) in [7, 11) is -4.64. The smallest absolute Gasteiger partial charge is 0.303 e. The van der Waals surface area contributed by atoms with Crippen molar-refractivity contribution in [1.29, 1.82) is 0 Å². The van der Waals surface area contributed by atoms with E-state index in [1.54, 1.807) is 0 Å². The third-order valence-electron chi connectivity index (χ3n) is 2.30. The van der Waals surface area contributed by atoms with Crippen LogP contribution in [0.5, 0.6) is 0 Å². The average Bonchev–Trinajstić information content (AvgIpc) is 2.25. The molecule has 0 atom stereocenters. The Morgan fingerprint density at radius 1 is 1.06 bits per heavy atom. The minimum absolute atomic E-state index is 0.985. The van der Waals surface area contributed by atoms with E-state index in [9.17, 15) is 0 Å². The van der Waals surface area contributed by atoms with Crippen molar-refractivity contribution < 1.29 is 53.0 Å². The Bertz CT molecular complexity index is 353. The zero-order valence-electron chi connectivity index (χ0n) is 10.6. The number of hydrogen-bond donors (Lipinski definition) is 3. The summed E-state index contributed by atoms with van der Waals surface area (Å²) in [6.45, 7) is 2.26. The van der Waals surface area contributed by atoms with E-state index in [1.807, 2.05) is 0 Å². The van der Waals surface area contributed by atoms with Crippen molar-refractivity contribution in [2.75, 3.05) is 0 Å². The van der Waals surface area contributed by atoms with Gasteiger partial charge in [0, 0.05) is 0 Å². The van der Waals surface area contributed by atoms with Crippen LogP contribution in [0.3, 0.4) is 0 Å². The molecule has 0 unspecified atom stereocenters. The number of aryl methyl sites for hydroxylation is 1. The van der Waals surface area contributed by atoms with Crippen LogP contribution in [0.4, 0.5) is 0 Å². The summed E-state index contributed by atoms with van der Waals surface area (Å²) in [5.74, 6) is 0. The molecule has 3 N–H and O–H groups in total. The fraction of sp³-hybridized carbons (Fsp3) is 0.500. The topological polar surface area (TPSA) is 77.8 Å². The Labute approximate surface area is 131 Å². The van der Waals surface area contributed by atoms with E-state index >= 15 is 0 Å². The number of benzene rings is 1. The molecule has 0 radical (unpaired) electrons. The summed E-state index contributed by atoms with van der Waals surface area (Å²) < 4.78 is 10.4. The van der Waals surface area contributed by atoms with Crippen molar-refractivity contribution in [3.63, 3.8) is 0 Å². The van der Waals surface area contributed by atoms with E-state index in [-0.39, 0.29) is 0 Å². The van der Waals surface area contributed by atoms with Gasteiger partial charge in [0.25, 0.3) is 0 Å². The maximum Gasteiger partial charge on any atom is 0.466 e. The van der Waals surface area contributed by atoms with Crippen molar-refractivity contribution in [2.24, 2.45) is 0 Å². The van der Waals surface area contributed by atoms with Crippen molar-refractivity contribution in [1.82, 2.24) is 0 Å². The monoisotopic (exact) mass is 398 g/mol. The Hall–Kier alpha value is 0.525. The Morgan fingerprint density at radius 2 is 1.56 bits per heavy atom. The van der Waals surface area contributed by atoms with Gasteiger partial charge in [-0.15, -0.1) is 0 Å². The van der Waals surface area contributed by atoms with E-state index in [1.165, 1.54) is 39.6 Å².